The Morgan fingerprint density at radius 3 is 2.75 bits per heavy atom. The lowest BCUT2D eigenvalue weighted by Gasteiger charge is -2.29. The molecule has 13 nitrogen and oxygen atoms in total. The zero-order valence-corrected chi connectivity index (χ0v) is 24.1. The molecule has 1 saturated carbocycles. The number of fused-ring (bicyclic) bond motifs is 2. The Hall–Kier alpha value is -2.65. The number of carbonyl (C=O) groups excluding carboxylic acids is 1. The SMILES string of the molecule is CCOC(=O)[C@@H](C)NP(=S)(Oc1ccccc1)OC1[C@@]2(CCl)O[C@@H](n3cnc4c(NC)nc(N)nc43)[C@H](F)[C@@]12O. The molecule has 0 radical (unpaired) electrons. The van der Waals surface area contributed by atoms with Gasteiger partial charge in [0.15, 0.2) is 35.0 Å². The van der Waals surface area contributed by atoms with Crippen molar-refractivity contribution in [3.63, 3.8) is 0 Å². The average molecular weight is 616 g/mol. The fourth-order valence-corrected chi connectivity index (χ4v) is 7.92. The molecule has 3 aromatic rings. The molecule has 216 valence electrons. The molecule has 40 heavy (non-hydrogen) atoms. The van der Waals surface area contributed by atoms with Crippen LogP contribution in [0.4, 0.5) is 16.2 Å². The summed E-state index contributed by atoms with van der Waals surface area (Å²) < 4.78 is 40.7. The number of benzene rings is 1. The zero-order chi connectivity index (χ0) is 28.9. The summed E-state index contributed by atoms with van der Waals surface area (Å²) in [5.74, 6) is -0.320. The fourth-order valence-electron chi connectivity index (χ4n) is 4.77. The number of aliphatic hydroxyl groups is 1. The van der Waals surface area contributed by atoms with Gasteiger partial charge in [-0.3, -0.25) is 13.9 Å². The lowest BCUT2D eigenvalue weighted by atomic mass is 10.1. The van der Waals surface area contributed by atoms with Gasteiger partial charge in [-0.25, -0.2) is 14.5 Å². The predicted octanol–water partition coefficient (Wildman–Crippen LogP) is 2.27. The van der Waals surface area contributed by atoms with E-state index in [4.69, 9.17) is 47.7 Å². The van der Waals surface area contributed by atoms with E-state index >= 15 is 4.39 Å². The quantitative estimate of drug-likeness (QED) is 0.141. The number of carbonyl (C=O) groups is 1. The monoisotopic (exact) mass is 615 g/mol. The largest absolute Gasteiger partial charge is 0.465 e. The number of nitrogens with one attached hydrogen (secondary N) is 2. The van der Waals surface area contributed by atoms with Gasteiger partial charge in [0, 0.05) is 7.05 Å². The Labute approximate surface area is 238 Å². The van der Waals surface area contributed by atoms with Crippen LogP contribution in [0.1, 0.15) is 20.1 Å². The maximum absolute atomic E-state index is 16.1. The van der Waals surface area contributed by atoms with E-state index in [9.17, 15) is 9.90 Å². The molecule has 2 aliphatic rings. The summed E-state index contributed by atoms with van der Waals surface area (Å²) in [6, 6.07) is 7.57. The lowest BCUT2D eigenvalue weighted by molar-refractivity contribution is -0.144. The van der Waals surface area contributed by atoms with Gasteiger partial charge in [-0.15, -0.1) is 11.6 Å². The Bertz CT molecular complexity index is 1470. The van der Waals surface area contributed by atoms with Crippen LogP contribution >= 0.6 is 18.2 Å². The fraction of sp³-hybridized carbons (Fsp3) is 0.478. The molecular weight excluding hydrogens is 588 g/mol. The molecule has 2 fully saturated rings. The first-order valence-corrected chi connectivity index (χ1v) is 15.5. The van der Waals surface area contributed by atoms with Gasteiger partial charge >= 0.3 is 12.6 Å². The van der Waals surface area contributed by atoms with E-state index < -0.39 is 48.4 Å². The first kappa shape index (κ1) is 28.9. The average Bonchev–Trinajstić information content (AvgIpc) is 3.17. The molecule has 2 aromatic heterocycles. The van der Waals surface area contributed by atoms with Gasteiger partial charge in [0.25, 0.3) is 0 Å². The molecule has 1 saturated heterocycles. The highest BCUT2D eigenvalue weighted by atomic mass is 35.5. The maximum atomic E-state index is 16.1. The van der Waals surface area contributed by atoms with Crippen LogP contribution in [0.5, 0.6) is 5.75 Å². The number of hydrogen-bond donors (Lipinski definition) is 4. The maximum Gasteiger partial charge on any atom is 0.323 e. The second kappa shape index (κ2) is 10.6. The van der Waals surface area contributed by atoms with E-state index in [1.165, 1.54) is 17.8 Å². The number of nitrogen functional groups attached to an aromatic ring is 1. The minimum atomic E-state index is -3.63. The van der Waals surface area contributed by atoms with Gasteiger partial charge < -0.3 is 30.2 Å². The van der Waals surface area contributed by atoms with E-state index in [-0.39, 0.29) is 24.1 Å². The number of hydrogen-bond acceptors (Lipinski definition) is 12. The molecule has 2 unspecified atom stereocenters. The lowest BCUT2D eigenvalue weighted by Crippen LogP contribution is -2.38. The van der Waals surface area contributed by atoms with Crippen molar-refractivity contribution in [2.45, 2.75) is 49.6 Å². The number of alkyl halides is 2. The van der Waals surface area contributed by atoms with Crippen molar-refractivity contribution in [2.24, 2.45) is 0 Å². The number of aromatic nitrogens is 4. The molecular formula is C23H28ClFN7O6PS. The molecule has 0 amide bonds. The number of para-hydroxylation sites is 1. The normalized spacial score (nSPS) is 29.4. The van der Waals surface area contributed by atoms with Crippen molar-refractivity contribution in [2.75, 3.05) is 30.6 Å². The molecule has 5 N–H and O–H groups in total. The highest BCUT2D eigenvalue weighted by molar-refractivity contribution is 8.09. The standard InChI is InChI=1S/C23H28ClFN7O6PS/c1-4-35-19(33)12(2)31-39(40,37-13-8-6-5-7-9-13)38-20-22(10-24)23(20,34)15(25)18(36-22)32-11-28-14-16(27-3)29-21(26)30-17(14)32/h5-9,11-12,15,18,20,34H,4,10H2,1-3H3,(H,31,40)(H3,26,27,29,30)/t12-,15+,18-,20?,22-,23-,39?/m1/s1. The van der Waals surface area contributed by atoms with Crippen molar-refractivity contribution in [3.05, 3.63) is 36.7 Å². The predicted molar refractivity (Wildman–Crippen MR) is 148 cm³/mol. The zero-order valence-electron chi connectivity index (χ0n) is 21.7. The second-order valence-electron chi connectivity index (χ2n) is 9.25. The molecule has 3 heterocycles. The first-order chi connectivity index (χ1) is 19.0. The number of imidazole rings is 1. The number of nitrogens with two attached hydrogens (primary N) is 1. The summed E-state index contributed by atoms with van der Waals surface area (Å²) in [7, 11) is 1.63. The van der Waals surface area contributed by atoms with Crippen LogP contribution in [-0.4, -0.2) is 79.6 Å². The van der Waals surface area contributed by atoms with Crippen LogP contribution in [0.15, 0.2) is 36.7 Å². The Morgan fingerprint density at radius 2 is 2.12 bits per heavy atom. The highest BCUT2D eigenvalue weighted by Gasteiger charge is 2.89. The van der Waals surface area contributed by atoms with Crippen molar-refractivity contribution in [1.29, 1.82) is 0 Å². The van der Waals surface area contributed by atoms with Crippen LogP contribution < -0.4 is 20.7 Å². The summed E-state index contributed by atoms with van der Waals surface area (Å²) in [5.41, 5.74) is 2.44. The van der Waals surface area contributed by atoms with Gasteiger partial charge in [0.05, 0.1) is 18.8 Å². The molecule has 0 bridgehead atoms. The number of ether oxygens (including phenoxy) is 2. The van der Waals surface area contributed by atoms with Gasteiger partial charge in [0.1, 0.15) is 23.5 Å². The van der Waals surface area contributed by atoms with Crippen molar-refractivity contribution in [1.82, 2.24) is 24.6 Å². The van der Waals surface area contributed by atoms with Crippen molar-refractivity contribution in [3.8, 4) is 5.75 Å². The minimum absolute atomic E-state index is 0.0651. The summed E-state index contributed by atoms with van der Waals surface area (Å²) >= 11 is 12.0. The third kappa shape index (κ3) is 4.59. The molecule has 1 aliphatic heterocycles. The smallest absolute Gasteiger partial charge is 0.323 e. The van der Waals surface area contributed by atoms with Crippen LogP contribution in [0.25, 0.3) is 11.2 Å². The van der Waals surface area contributed by atoms with E-state index in [0.29, 0.717) is 17.1 Å². The molecule has 0 spiro atoms. The molecule has 5 rings (SSSR count). The van der Waals surface area contributed by atoms with E-state index in [0.717, 1.165) is 0 Å². The number of esters is 1. The molecule has 1 aliphatic carbocycles. The number of halogens is 2. The van der Waals surface area contributed by atoms with Gasteiger partial charge in [-0.1, -0.05) is 18.2 Å². The number of rotatable bonds is 11. The first-order valence-electron chi connectivity index (χ1n) is 12.3. The number of anilines is 2. The van der Waals surface area contributed by atoms with Gasteiger partial charge in [-0.05, 0) is 37.8 Å². The summed E-state index contributed by atoms with van der Waals surface area (Å²) in [5, 5.41) is 17.3. The van der Waals surface area contributed by atoms with Crippen LogP contribution in [0, 0.1) is 0 Å². The highest BCUT2D eigenvalue weighted by Crippen LogP contribution is 2.69. The van der Waals surface area contributed by atoms with E-state index in [2.05, 4.69) is 25.4 Å². The van der Waals surface area contributed by atoms with Gasteiger partial charge in [-0.2, -0.15) is 9.97 Å². The summed E-state index contributed by atoms with van der Waals surface area (Å²) in [6.45, 7) is -0.284. The van der Waals surface area contributed by atoms with Crippen LogP contribution in [-0.2, 0) is 30.6 Å². The third-order valence-corrected chi connectivity index (χ3v) is 9.61. The second-order valence-corrected chi connectivity index (χ2v) is 12.6. The van der Waals surface area contributed by atoms with Crippen LogP contribution in [0.2, 0.25) is 0 Å². The van der Waals surface area contributed by atoms with Crippen LogP contribution in [0.3, 0.4) is 0 Å². The Morgan fingerprint density at radius 1 is 1.40 bits per heavy atom. The van der Waals surface area contributed by atoms with Crippen molar-refractivity contribution >= 4 is 58.9 Å². The Kier molecular flexibility index (Phi) is 7.68. The van der Waals surface area contributed by atoms with Gasteiger partial charge in [0.2, 0.25) is 5.95 Å². The Balaban J connectivity index is 1.44. The molecule has 17 heteroatoms. The molecule has 7 atom stereocenters. The van der Waals surface area contributed by atoms with E-state index in [1.807, 2.05) is 0 Å². The minimum Gasteiger partial charge on any atom is -0.465 e. The van der Waals surface area contributed by atoms with E-state index in [1.54, 1.807) is 44.3 Å². The summed E-state index contributed by atoms with van der Waals surface area (Å²) in [4.78, 5) is 24.8. The van der Waals surface area contributed by atoms with Crippen molar-refractivity contribution < 1.29 is 32.8 Å². The third-order valence-electron chi connectivity index (χ3n) is 6.77. The summed E-state index contributed by atoms with van der Waals surface area (Å²) in [6.07, 6.45) is -3.44. The molecule has 1 aromatic carbocycles. The number of nitrogens with zero attached hydrogens (tertiary/aromatic N) is 4. The topological polar surface area (TPSA) is 168 Å².